The van der Waals surface area contributed by atoms with Gasteiger partial charge in [-0.3, -0.25) is 0 Å². The van der Waals surface area contributed by atoms with Crippen molar-refractivity contribution in [3.8, 4) is 0 Å². The molecular formula is C5H12BF3KNO. The van der Waals surface area contributed by atoms with E-state index in [-0.39, 0.29) is 51.4 Å². The molecule has 0 aromatic carbocycles. The maximum absolute atomic E-state index is 11.5. The van der Waals surface area contributed by atoms with Gasteiger partial charge in [0, 0.05) is 13.7 Å². The van der Waals surface area contributed by atoms with E-state index in [1.807, 2.05) is 0 Å². The summed E-state index contributed by atoms with van der Waals surface area (Å²) in [5, 5.41) is 2.28. The summed E-state index contributed by atoms with van der Waals surface area (Å²) in [7, 11) is 1.52. The smallest absolute Gasteiger partial charge is 0.448 e. The van der Waals surface area contributed by atoms with Crippen LogP contribution in [0.4, 0.5) is 12.9 Å². The van der Waals surface area contributed by atoms with Gasteiger partial charge in [0.2, 0.25) is 0 Å². The van der Waals surface area contributed by atoms with E-state index in [0.717, 1.165) is 0 Å². The first-order valence-electron chi connectivity index (χ1n) is 3.47. The maximum Gasteiger partial charge on any atom is 1.00 e. The molecule has 0 aliphatic heterocycles. The van der Waals surface area contributed by atoms with E-state index in [4.69, 9.17) is 0 Å². The molecule has 0 saturated carbocycles. The normalized spacial score (nSPS) is 11.0. The van der Waals surface area contributed by atoms with E-state index in [0.29, 0.717) is 19.6 Å². The summed E-state index contributed by atoms with van der Waals surface area (Å²) in [6, 6.07) is 0. The number of nitrogens with one attached hydrogen (secondary N) is 1. The Bertz CT molecular complexity index is 103. The Morgan fingerprint density at radius 1 is 1.33 bits per heavy atom. The fraction of sp³-hybridized carbons (Fsp3) is 1.00. The quantitative estimate of drug-likeness (QED) is 0.403. The fourth-order valence-corrected chi connectivity index (χ4v) is 0.607. The Morgan fingerprint density at radius 3 is 2.33 bits per heavy atom. The molecule has 0 spiro atoms. The molecule has 7 heteroatoms. The molecule has 0 aromatic heterocycles. The molecule has 0 aliphatic rings. The van der Waals surface area contributed by atoms with Crippen molar-refractivity contribution >= 4 is 6.98 Å². The molecule has 0 aliphatic carbocycles. The van der Waals surface area contributed by atoms with Crippen LogP contribution >= 0.6 is 0 Å². The van der Waals surface area contributed by atoms with Crippen LogP contribution in [-0.2, 0) is 4.74 Å². The number of ether oxygens (including phenoxy) is 1. The van der Waals surface area contributed by atoms with Crippen LogP contribution in [-0.4, -0.2) is 33.7 Å². The SMILES string of the molecule is COCCCNC[B-](F)(F)F.[K+]. The molecule has 0 fully saturated rings. The number of rotatable bonds is 6. The van der Waals surface area contributed by atoms with Crippen molar-refractivity contribution < 1.29 is 69.1 Å². The standard InChI is InChI=1S/C5H12BF3NO.K/c1-11-4-2-3-10-5-6(7,8)9;/h10H,2-5H2,1H3;/q-1;+1. The molecule has 68 valence electrons. The molecule has 0 saturated heterocycles. The molecule has 0 atom stereocenters. The second-order valence-electron chi connectivity index (χ2n) is 2.26. The van der Waals surface area contributed by atoms with Gasteiger partial charge >= 0.3 is 58.4 Å². The minimum absolute atomic E-state index is 0. The summed E-state index contributed by atoms with van der Waals surface area (Å²) >= 11 is 0. The summed E-state index contributed by atoms with van der Waals surface area (Å²) in [5.74, 6) is 0. The first-order chi connectivity index (χ1) is 5.06. The van der Waals surface area contributed by atoms with Gasteiger partial charge in [0.05, 0.1) is 0 Å². The van der Waals surface area contributed by atoms with Crippen molar-refractivity contribution in [2.24, 2.45) is 0 Å². The Balaban J connectivity index is 0. The van der Waals surface area contributed by atoms with Crippen molar-refractivity contribution in [3.63, 3.8) is 0 Å². The van der Waals surface area contributed by atoms with Crippen molar-refractivity contribution in [2.75, 3.05) is 26.7 Å². The first-order valence-corrected chi connectivity index (χ1v) is 3.47. The van der Waals surface area contributed by atoms with Crippen LogP contribution in [0.1, 0.15) is 6.42 Å². The Morgan fingerprint density at radius 2 is 1.92 bits per heavy atom. The number of hydrogen-bond donors (Lipinski definition) is 1. The van der Waals surface area contributed by atoms with Gasteiger partial charge in [-0.15, -0.1) is 0 Å². The van der Waals surface area contributed by atoms with Crippen molar-refractivity contribution in [3.05, 3.63) is 0 Å². The zero-order valence-electron chi connectivity index (χ0n) is 7.45. The minimum Gasteiger partial charge on any atom is -0.448 e. The van der Waals surface area contributed by atoms with Gasteiger partial charge in [0.1, 0.15) is 0 Å². The summed E-state index contributed by atoms with van der Waals surface area (Å²) in [4.78, 5) is 0. The average Bonchev–Trinajstić information content (AvgIpc) is 1.85. The largest absolute Gasteiger partial charge is 1.00 e. The summed E-state index contributed by atoms with van der Waals surface area (Å²) < 4.78 is 39.3. The van der Waals surface area contributed by atoms with Crippen LogP contribution in [0.15, 0.2) is 0 Å². The molecule has 0 radical (unpaired) electrons. The van der Waals surface area contributed by atoms with E-state index in [1.54, 1.807) is 0 Å². The van der Waals surface area contributed by atoms with Gasteiger partial charge in [-0.2, -0.15) is 0 Å². The fourth-order valence-electron chi connectivity index (χ4n) is 0.607. The predicted molar refractivity (Wildman–Crippen MR) is 38.4 cm³/mol. The molecule has 0 rings (SSSR count). The molecule has 0 amide bonds. The second kappa shape index (κ2) is 8.99. The molecule has 0 bridgehead atoms. The first kappa shape index (κ1) is 15.9. The molecule has 12 heavy (non-hydrogen) atoms. The van der Waals surface area contributed by atoms with Crippen LogP contribution in [0.25, 0.3) is 0 Å². The van der Waals surface area contributed by atoms with Crippen LogP contribution < -0.4 is 56.7 Å². The average molecular weight is 209 g/mol. The van der Waals surface area contributed by atoms with Gasteiger partial charge in [0.25, 0.3) is 0 Å². The van der Waals surface area contributed by atoms with Crippen molar-refractivity contribution in [1.82, 2.24) is 5.32 Å². The molecule has 0 heterocycles. The zero-order valence-corrected chi connectivity index (χ0v) is 10.6. The van der Waals surface area contributed by atoms with Gasteiger partial charge in [-0.05, 0) is 19.4 Å². The van der Waals surface area contributed by atoms with Crippen LogP contribution in [0, 0.1) is 0 Å². The van der Waals surface area contributed by atoms with Crippen molar-refractivity contribution in [1.29, 1.82) is 0 Å². The predicted octanol–water partition coefficient (Wildman–Crippen LogP) is -2.00. The summed E-state index contributed by atoms with van der Waals surface area (Å²) in [5.41, 5.74) is 0. The van der Waals surface area contributed by atoms with E-state index in [2.05, 4.69) is 10.1 Å². The Hall–Kier alpha value is 1.41. The van der Waals surface area contributed by atoms with E-state index >= 15 is 0 Å². The van der Waals surface area contributed by atoms with E-state index in [1.165, 1.54) is 7.11 Å². The zero-order chi connectivity index (χ0) is 8.74. The number of methoxy groups -OCH3 is 1. The van der Waals surface area contributed by atoms with Gasteiger partial charge in [-0.1, -0.05) is 0 Å². The monoisotopic (exact) mass is 209 g/mol. The third-order valence-electron chi connectivity index (χ3n) is 1.08. The van der Waals surface area contributed by atoms with Crippen LogP contribution in [0.3, 0.4) is 0 Å². The van der Waals surface area contributed by atoms with Gasteiger partial charge in [-0.25, -0.2) is 0 Å². The molecule has 1 N–H and O–H groups in total. The topological polar surface area (TPSA) is 21.3 Å². The Labute approximate surface area is 113 Å². The van der Waals surface area contributed by atoms with E-state index < -0.39 is 13.4 Å². The second-order valence-corrected chi connectivity index (χ2v) is 2.26. The van der Waals surface area contributed by atoms with Crippen LogP contribution in [0.5, 0.6) is 0 Å². The molecule has 0 unspecified atom stereocenters. The Kier molecular flexibility index (Phi) is 11.9. The third kappa shape index (κ3) is 14.0. The molecule has 2 nitrogen and oxygen atoms in total. The molecular weight excluding hydrogens is 197 g/mol. The number of halogens is 3. The molecule has 0 aromatic rings. The number of hydrogen-bond acceptors (Lipinski definition) is 2. The van der Waals surface area contributed by atoms with Crippen molar-refractivity contribution in [2.45, 2.75) is 6.42 Å². The maximum atomic E-state index is 11.5. The van der Waals surface area contributed by atoms with E-state index in [9.17, 15) is 12.9 Å². The van der Waals surface area contributed by atoms with Gasteiger partial charge in [0.15, 0.2) is 0 Å². The van der Waals surface area contributed by atoms with Gasteiger partial charge < -0.3 is 23.0 Å². The van der Waals surface area contributed by atoms with Crippen LogP contribution in [0.2, 0.25) is 0 Å². The minimum atomic E-state index is -4.67. The summed E-state index contributed by atoms with van der Waals surface area (Å²) in [6.45, 7) is -3.82. The summed E-state index contributed by atoms with van der Waals surface area (Å²) in [6.07, 6.45) is -0.244. The third-order valence-corrected chi connectivity index (χ3v) is 1.08.